The Kier molecular flexibility index (Phi) is 4.26. The van der Waals surface area contributed by atoms with E-state index in [1.54, 1.807) is 35.2 Å². The molecule has 2 aromatic carbocycles. The van der Waals surface area contributed by atoms with Gasteiger partial charge in [0.1, 0.15) is 0 Å². The van der Waals surface area contributed by atoms with Crippen molar-refractivity contribution in [2.24, 2.45) is 0 Å². The van der Waals surface area contributed by atoms with Gasteiger partial charge in [-0.2, -0.15) is 0 Å². The van der Waals surface area contributed by atoms with Crippen molar-refractivity contribution in [3.05, 3.63) is 83.8 Å². The number of aromatic nitrogens is 2. The molecule has 1 aromatic heterocycles. The van der Waals surface area contributed by atoms with E-state index >= 15 is 0 Å². The number of carbonyl (C=O) groups excluding carboxylic acids is 1. The van der Waals surface area contributed by atoms with Crippen LogP contribution in [0.3, 0.4) is 0 Å². The lowest BCUT2D eigenvalue weighted by atomic mass is 10.1. The largest absolute Gasteiger partial charge is 0.290 e. The van der Waals surface area contributed by atoms with Crippen molar-refractivity contribution in [3.63, 3.8) is 0 Å². The SMILES string of the molecule is O=C(C[n+]1ccc(-c2ccccc2)nc1)c1ccc(Cl)cc1. The van der Waals surface area contributed by atoms with Gasteiger partial charge in [0, 0.05) is 22.2 Å². The minimum Gasteiger partial charge on any atom is -0.290 e. The van der Waals surface area contributed by atoms with Crippen LogP contribution in [0.5, 0.6) is 0 Å². The predicted molar refractivity (Wildman–Crippen MR) is 85.7 cm³/mol. The van der Waals surface area contributed by atoms with Crippen LogP contribution in [-0.2, 0) is 6.54 Å². The Balaban J connectivity index is 1.73. The second-order valence-corrected chi connectivity index (χ2v) is 5.35. The monoisotopic (exact) mass is 309 g/mol. The topological polar surface area (TPSA) is 33.8 Å². The van der Waals surface area contributed by atoms with Gasteiger partial charge in [0.05, 0.1) is 6.20 Å². The van der Waals surface area contributed by atoms with Crippen LogP contribution in [0.2, 0.25) is 5.02 Å². The summed E-state index contributed by atoms with van der Waals surface area (Å²) in [6.45, 7) is 0.254. The zero-order chi connectivity index (χ0) is 15.4. The summed E-state index contributed by atoms with van der Waals surface area (Å²) in [5.74, 6) is 0.0240. The third-order valence-corrected chi connectivity index (χ3v) is 3.58. The molecule has 0 amide bonds. The molecule has 0 unspecified atom stereocenters. The number of rotatable bonds is 4. The molecule has 1 heterocycles. The zero-order valence-electron chi connectivity index (χ0n) is 11.8. The lowest BCUT2D eigenvalue weighted by Gasteiger charge is -2.01. The van der Waals surface area contributed by atoms with Gasteiger partial charge in [-0.15, -0.1) is 0 Å². The van der Waals surface area contributed by atoms with E-state index in [0.717, 1.165) is 11.3 Å². The molecule has 0 aliphatic rings. The fourth-order valence-corrected chi connectivity index (χ4v) is 2.28. The molecule has 0 aliphatic heterocycles. The van der Waals surface area contributed by atoms with E-state index in [4.69, 9.17) is 11.6 Å². The van der Waals surface area contributed by atoms with Crippen LogP contribution in [0.15, 0.2) is 73.2 Å². The van der Waals surface area contributed by atoms with E-state index in [1.165, 1.54) is 0 Å². The van der Waals surface area contributed by atoms with Gasteiger partial charge in [0.15, 0.2) is 12.2 Å². The van der Waals surface area contributed by atoms with Gasteiger partial charge in [0.25, 0.3) is 6.33 Å². The summed E-state index contributed by atoms with van der Waals surface area (Å²) < 4.78 is 1.77. The van der Waals surface area contributed by atoms with Gasteiger partial charge in [-0.05, 0) is 29.2 Å². The summed E-state index contributed by atoms with van der Waals surface area (Å²) in [5.41, 5.74) is 2.58. The molecule has 0 N–H and O–H groups in total. The number of hydrogen-bond acceptors (Lipinski definition) is 2. The minimum absolute atomic E-state index is 0.0240. The first-order valence-electron chi connectivity index (χ1n) is 6.92. The van der Waals surface area contributed by atoms with Crippen molar-refractivity contribution in [2.45, 2.75) is 6.54 Å². The molecule has 0 saturated carbocycles. The van der Waals surface area contributed by atoms with Crippen LogP contribution in [0, 0.1) is 0 Å². The maximum absolute atomic E-state index is 12.2. The van der Waals surface area contributed by atoms with Gasteiger partial charge < -0.3 is 0 Å². The van der Waals surface area contributed by atoms with Crippen LogP contribution in [0.1, 0.15) is 10.4 Å². The van der Waals surface area contributed by atoms with E-state index in [-0.39, 0.29) is 12.3 Å². The van der Waals surface area contributed by atoms with Gasteiger partial charge in [-0.3, -0.25) is 4.79 Å². The third-order valence-electron chi connectivity index (χ3n) is 3.33. The molecule has 3 aromatic rings. The van der Waals surface area contributed by atoms with E-state index in [1.807, 2.05) is 42.6 Å². The van der Waals surface area contributed by atoms with E-state index in [2.05, 4.69) is 4.98 Å². The van der Waals surface area contributed by atoms with Crippen molar-refractivity contribution in [1.29, 1.82) is 0 Å². The van der Waals surface area contributed by atoms with E-state index in [0.29, 0.717) is 10.6 Å². The summed E-state index contributed by atoms with van der Waals surface area (Å²) in [4.78, 5) is 16.6. The number of hydrogen-bond donors (Lipinski definition) is 0. The molecule has 22 heavy (non-hydrogen) atoms. The Bertz CT molecular complexity index is 768. The summed E-state index contributed by atoms with van der Waals surface area (Å²) in [6, 6.07) is 18.7. The molecule has 0 atom stereocenters. The number of benzene rings is 2. The number of halogens is 1. The molecule has 3 rings (SSSR count). The van der Waals surface area contributed by atoms with Crippen LogP contribution < -0.4 is 4.57 Å². The molecule has 0 aliphatic carbocycles. The highest BCUT2D eigenvalue weighted by Crippen LogP contribution is 2.14. The lowest BCUT2D eigenvalue weighted by Crippen LogP contribution is -2.37. The molecule has 3 nitrogen and oxygen atoms in total. The Morgan fingerprint density at radius 3 is 2.36 bits per heavy atom. The minimum atomic E-state index is 0.0240. The number of ketones is 1. The van der Waals surface area contributed by atoms with Gasteiger partial charge in [-0.25, -0.2) is 4.57 Å². The first-order valence-corrected chi connectivity index (χ1v) is 7.29. The highest BCUT2D eigenvalue weighted by Gasteiger charge is 2.11. The molecular formula is C18H14ClN2O+. The number of nitrogens with zero attached hydrogens (tertiary/aromatic N) is 2. The Hall–Kier alpha value is -2.52. The average molecular weight is 310 g/mol. The molecule has 108 valence electrons. The maximum Gasteiger partial charge on any atom is 0.287 e. The van der Waals surface area contributed by atoms with Crippen molar-refractivity contribution >= 4 is 17.4 Å². The first-order chi connectivity index (χ1) is 10.7. The van der Waals surface area contributed by atoms with Crippen molar-refractivity contribution in [3.8, 4) is 11.3 Å². The highest BCUT2D eigenvalue weighted by molar-refractivity contribution is 6.30. The van der Waals surface area contributed by atoms with E-state index in [9.17, 15) is 4.79 Å². The number of Topliss-reactive ketones (excluding diaryl/α,β-unsaturated/α-hetero) is 1. The fourth-order valence-electron chi connectivity index (χ4n) is 2.15. The molecular weight excluding hydrogens is 296 g/mol. The highest BCUT2D eigenvalue weighted by atomic mass is 35.5. The van der Waals surface area contributed by atoms with Crippen LogP contribution in [0.4, 0.5) is 0 Å². The van der Waals surface area contributed by atoms with Crippen LogP contribution in [-0.4, -0.2) is 10.8 Å². The lowest BCUT2D eigenvalue weighted by molar-refractivity contribution is -0.686. The van der Waals surface area contributed by atoms with E-state index < -0.39 is 0 Å². The quantitative estimate of drug-likeness (QED) is 0.545. The third kappa shape index (κ3) is 3.38. The number of carbonyl (C=O) groups is 1. The molecule has 0 radical (unpaired) electrons. The van der Waals surface area contributed by atoms with Gasteiger partial charge in [-0.1, -0.05) is 41.9 Å². The summed E-state index contributed by atoms with van der Waals surface area (Å²) in [5, 5.41) is 0.623. The second-order valence-electron chi connectivity index (χ2n) is 4.91. The van der Waals surface area contributed by atoms with Gasteiger partial charge >= 0.3 is 0 Å². The molecule has 0 saturated heterocycles. The smallest absolute Gasteiger partial charge is 0.287 e. The molecule has 4 heteroatoms. The molecule has 0 fully saturated rings. The van der Waals surface area contributed by atoms with Gasteiger partial charge in [0.2, 0.25) is 5.78 Å². The Morgan fingerprint density at radius 1 is 1.00 bits per heavy atom. The van der Waals surface area contributed by atoms with Crippen molar-refractivity contribution in [1.82, 2.24) is 4.98 Å². The standard InChI is InChI=1S/C18H14ClN2O/c19-16-8-6-15(7-9-16)18(22)12-21-11-10-17(20-13-21)14-4-2-1-3-5-14/h1-11,13H,12H2/q+1. The maximum atomic E-state index is 12.2. The Morgan fingerprint density at radius 2 is 1.73 bits per heavy atom. The fraction of sp³-hybridized carbons (Fsp3) is 0.0556. The zero-order valence-corrected chi connectivity index (χ0v) is 12.6. The normalized spacial score (nSPS) is 10.4. The second kappa shape index (κ2) is 6.50. The Labute approximate surface area is 133 Å². The predicted octanol–water partition coefficient (Wildman–Crippen LogP) is 3.57. The molecule has 0 spiro atoms. The van der Waals surface area contributed by atoms with Crippen molar-refractivity contribution < 1.29 is 9.36 Å². The van der Waals surface area contributed by atoms with Crippen molar-refractivity contribution in [2.75, 3.05) is 0 Å². The van der Waals surface area contributed by atoms with Crippen LogP contribution >= 0.6 is 11.6 Å². The summed E-state index contributed by atoms with van der Waals surface area (Å²) in [7, 11) is 0. The molecule has 0 bridgehead atoms. The summed E-state index contributed by atoms with van der Waals surface area (Å²) >= 11 is 5.83. The summed E-state index contributed by atoms with van der Waals surface area (Å²) in [6.07, 6.45) is 3.54. The first kappa shape index (κ1) is 14.4. The average Bonchev–Trinajstić information content (AvgIpc) is 2.57. The van der Waals surface area contributed by atoms with Crippen LogP contribution in [0.25, 0.3) is 11.3 Å².